The van der Waals surface area contributed by atoms with Crippen LogP contribution in [0.1, 0.15) is 18.7 Å². The van der Waals surface area contributed by atoms with Crippen molar-refractivity contribution >= 4 is 0 Å². The summed E-state index contributed by atoms with van der Waals surface area (Å²) in [6, 6.07) is 0. The number of aromatic amines is 1. The van der Waals surface area contributed by atoms with Crippen LogP contribution in [0.2, 0.25) is 0 Å². The summed E-state index contributed by atoms with van der Waals surface area (Å²) in [5.41, 5.74) is -1.29. The molecule has 0 saturated heterocycles. The van der Waals surface area contributed by atoms with Crippen molar-refractivity contribution in [3.05, 3.63) is 44.8 Å². The molecule has 0 aliphatic carbocycles. The lowest BCUT2D eigenvalue weighted by Gasteiger charge is -2.22. The molecule has 0 spiro atoms. The summed E-state index contributed by atoms with van der Waals surface area (Å²) in [6.07, 6.45) is 4.22. The van der Waals surface area contributed by atoms with Gasteiger partial charge in [0.15, 0.2) is 6.23 Å². The zero-order chi connectivity index (χ0) is 12.6. The van der Waals surface area contributed by atoms with Crippen molar-refractivity contribution in [2.24, 2.45) is 0 Å². The molecule has 2 N–H and O–H groups in total. The van der Waals surface area contributed by atoms with Crippen molar-refractivity contribution in [3.63, 3.8) is 0 Å². The molecule has 1 aromatic heterocycles. The van der Waals surface area contributed by atoms with Crippen molar-refractivity contribution in [2.45, 2.75) is 25.7 Å². The quantitative estimate of drug-likeness (QED) is 0.692. The van der Waals surface area contributed by atoms with Crippen LogP contribution < -0.4 is 11.2 Å². The van der Waals surface area contributed by atoms with Crippen LogP contribution in [0.3, 0.4) is 0 Å². The van der Waals surface area contributed by atoms with Gasteiger partial charge in [-0.2, -0.15) is 0 Å². The van der Waals surface area contributed by atoms with Gasteiger partial charge in [0, 0.05) is 11.8 Å². The lowest BCUT2D eigenvalue weighted by Crippen LogP contribution is -2.35. The maximum absolute atomic E-state index is 11.6. The minimum Gasteiger partial charge on any atom is -0.393 e. The smallest absolute Gasteiger partial charge is 0.330 e. The fraction of sp³-hybridized carbons (Fsp3) is 0.455. The molecular weight excluding hydrogens is 224 g/mol. The lowest BCUT2D eigenvalue weighted by molar-refractivity contribution is -0.0731. The van der Waals surface area contributed by atoms with E-state index in [4.69, 9.17) is 9.84 Å². The van der Waals surface area contributed by atoms with Crippen LogP contribution in [-0.4, -0.2) is 26.9 Å². The van der Waals surface area contributed by atoms with Gasteiger partial charge in [0.05, 0.1) is 6.61 Å². The zero-order valence-electron chi connectivity index (χ0n) is 9.64. The molecule has 1 aromatic rings. The Morgan fingerprint density at radius 1 is 1.59 bits per heavy atom. The van der Waals surface area contributed by atoms with Gasteiger partial charge >= 0.3 is 5.69 Å². The number of H-pyrrole nitrogens is 1. The summed E-state index contributed by atoms with van der Waals surface area (Å²) in [7, 11) is 0. The van der Waals surface area contributed by atoms with Gasteiger partial charge in [-0.15, -0.1) is 0 Å². The first-order valence-electron chi connectivity index (χ1n) is 5.25. The van der Waals surface area contributed by atoms with Crippen molar-refractivity contribution in [1.82, 2.24) is 9.55 Å². The Bertz CT molecular complexity index is 572. The lowest BCUT2D eigenvalue weighted by atomic mass is 10.1. The Hall–Kier alpha value is -1.66. The first-order chi connectivity index (χ1) is 7.95. The molecule has 0 bridgehead atoms. The molecule has 0 radical (unpaired) electrons. The van der Waals surface area contributed by atoms with Gasteiger partial charge in [0.1, 0.15) is 5.60 Å². The molecule has 0 saturated carbocycles. The molecule has 1 aliphatic heterocycles. The van der Waals surface area contributed by atoms with Gasteiger partial charge < -0.3 is 9.84 Å². The number of aryl methyl sites for hydroxylation is 1. The van der Waals surface area contributed by atoms with Gasteiger partial charge in [0.2, 0.25) is 0 Å². The molecule has 6 heteroatoms. The van der Waals surface area contributed by atoms with E-state index in [9.17, 15) is 9.59 Å². The third kappa shape index (κ3) is 2.09. The number of hydrogen-bond donors (Lipinski definition) is 2. The Labute approximate surface area is 97.2 Å². The molecule has 2 atom stereocenters. The van der Waals surface area contributed by atoms with E-state index >= 15 is 0 Å². The van der Waals surface area contributed by atoms with E-state index in [1.54, 1.807) is 26.0 Å². The van der Waals surface area contributed by atoms with Crippen LogP contribution in [0.15, 0.2) is 27.9 Å². The summed E-state index contributed by atoms with van der Waals surface area (Å²) in [6.45, 7) is 3.16. The van der Waals surface area contributed by atoms with Crippen LogP contribution in [0.4, 0.5) is 0 Å². The molecule has 0 aromatic carbocycles. The minimum absolute atomic E-state index is 0.170. The summed E-state index contributed by atoms with van der Waals surface area (Å²) >= 11 is 0. The van der Waals surface area contributed by atoms with Gasteiger partial charge in [-0.05, 0) is 19.9 Å². The molecule has 0 amide bonds. The van der Waals surface area contributed by atoms with E-state index in [-0.39, 0.29) is 6.61 Å². The Morgan fingerprint density at radius 3 is 2.88 bits per heavy atom. The van der Waals surface area contributed by atoms with Gasteiger partial charge in [-0.3, -0.25) is 14.3 Å². The Balaban J connectivity index is 2.39. The molecular formula is C11H14N2O4. The predicted molar refractivity (Wildman–Crippen MR) is 60.8 cm³/mol. The number of aromatic nitrogens is 2. The number of rotatable bonds is 2. The highest BCUT2D eigenvalue weighted by Gasteiger charge is 2.31. The zero-order valence-corrected chi connectivity index (χ0v) is 9.64. The fourth-order valence-corrected chi connectivity index (χ4v) is 1.65. The van der Waals surface area contributed by atoms with Crippen LogP contribution in [-0.2, 0) is 4.74 Å². The average molecular weight is 238 g/mol. The van der Waals surface area contributed by atoms with Gasteiger partial charge in [-0.1, -0.05) is 6.08 Å². The second-order valence-electron chi connectivity index (χ2n) is 4.32. The van der Waals surface area contributed by atoms with Crippen LogP contribution >= 0.6 is 0 Å². The molecule has 6 nitrogen and oxygen atoms in total. The maximum Gasteiger partial charge on any atom is 0.330 e. The van der Waals surface area contributed by atoms with Crippen molar-refractivity contribution < 1.29 is 9.84 Å². The van der Waals surface area contributed by atoms with E-state index in [0.29, 0.717) is 5.56 Å². The second kappa shape index (κ2) is 3.97. The molecule has 2 rings (SSSR count). The minimum atomic E-state index is -0.784. The summed E-state index contributed by atoms with van der Waals surface area (Å²) < 4.78 is 6.83. The van der Waals surface area contributed by atoms with E-state index < -0.39 is 23.1 Å². The van der Waals surface area contributed by atoms with Crippen LogP contribution in [0.5, 0.6) is 0 Å². The third-order valence-corrected chi connectivity index (χ3v) is 2.74. The molecule has 2 heterocycles. The second-order valence-corrected chi connectivity index (χ2v) is 4.32. The molecule has 92 valence electrons. The van der Waals surface area contributed by atoms with E-state index in [1.807, 2.05) is 0 Å². The third-order valence-electron chi connectivity index (χ3n) is 2.74. The van der Waals surface area contributed by atoms with Crippen LogP contribution in [0, 0.1) is 6.92 Å². The summed E-state index contributed by atoms with van der Waals surface area (Å²) in [5, 5.41) is 9.14. The summed E-state index contributed by atoms with van der Waals surface area (Å²) in [4.78, 5) is 25.0. The number of aliphatic hydroxyl groups is 1. The topological polar surface area (TPSA) is 84.3 Å². The normalized spacial score (nSPS) is 27.6. The highest BCUT2D eigenvalue weighted by Crippen LogP contribution is 2.27. The van der Waals surface area contributed by atoms with E-state index in [0.717, 1.165) is 0 Å². The standard InChI is InChI=1S/C11H14N2O4/c1-7-5-13(10(16)12-9(7)15)8-3-4-11(2,6-14)17-8/h3-5,8,14H,6H2,1-2H3,(H,12,15,16)/t8-,11+/m1/s1. The Morgan fingerprint density at radius 2 is 2.29 bits per heavy atom. The number of nitrogens with zero attached hydrogens (tertiary/aromatic N) is 1. The number of hydrogen-bond acceptors (Lipinski definition) is 4. The Kier molecular flexibility index (Phi) is 2.76. The molecule has 0 unspecified atom stereocenters. The molecule has 0 fully saturated rings. The van der Waals surface area contributed by atoms with E-state index in [1.165, 1.54) is 10.8 Å². The number of ether oxygens (including phenoxy) is 1. The maximum atomic E-state index is 11.6. The highest BCUT2D eigenvalue weighted by atomic mass is 16.5. The SMILES string of the molecule is Cc1cn([C@H]2C=C[C@@](C)(CO)O2)c(=O)[nH]c1=O. The number of aliphatic hydroxyl groups excluding tert-OH is 1. The molecule has 1 aliphatic rings. The van der Waals surface area contributed by atoms with Gasteiger partial charge in [0.25, 0.3) is 5.56 Å². The average Bonchev–Trinajstić information content (AvgIpc) is 2.67. The van der Waals surface area contributed by atoms with Crippen molar-refractivity contribution in [3.8, 4) is 0 Å². The fourth-order valence-electron chi connectivity index (χ4n) is 1.65. The predicted octanol–water partition coefficient (Wildman–Crippen LogP) is -0.319. The largest absolute Gasteiger partial charge is 0.393 e. The summed E-state index contributed by atoms with van der Waals surface area (Å²) in [5.74, 6) is 0. The van der Waals surface area contributed by atoms with Crippen molar-refractivity contribution in [2.75, 3.05) is 6.61 Å². The van der Waals surface area contributed by atoms with E-state index in [2.05, 4.69) is 4.98 Å². The number of nitrogens with one attached hydrogen (secondary N) is 1. The monoisotopic (exact) mass is 238 g/mol. The highest BCUT2D eigenvalue weighted by molar-refractivity contribution is 5.10. The first kappa shape index (κ1) is 11.8. The molecule has 17 heavy (non-hydrogen) atoms. The van der Waals surface area contributed by atoms with Crippen LogP contribution in [0.25, 0.3) is 0 Å². The van der Waals surface area contributed by atoms with Crippen molar-refractivity contribution in [1.29, 1.82) is 0 Å². The first-order valence-corrected chi connectivity index (χ1v) is 5.25. The van der Waals surface area contributed by atoms with Gasteiger partial charge in [-0.25, -0.2) is 4.79 Å².